The van der Waals surface area contributed by atoms with Crippen molar-refractivity contribution in [3.05, 3.63) is 53.1 Å². The molecule has 0 saturated carbocycles. The average Bonchev–Trinajstić information content (AvgIpc) is 3.38. The van der Waals surface area contributed by atoms with Crippen molar-refractivity contribution in [3.63, 3.8) is 0 Å². The molecule has 1 fully saturated rings. The molecule has 0 bridgehead atoms. The van der Waals surface area contributed by atoms with E-state index in [1.54, 1.807) is 12.4 Å². The standard InChI is InChI=1S/C21H21ClN6OS/c22-17-2-1-16(30-17)20-21(15-5-7-23-8-6-15)28-18(24-20)3-4-19(25-28)27-11-9-26(10-12-27)13-14-29/h1-8,29H,9-14H2. The number of piperazine rings is 1. The number of fused-ring (bicyclic) bond motifs is 1. The van der Waals surface area contributed by atoms with Crippen molar-refractivity contribution in [1.82, 2.24) is 24.5 Å². The van der Waals surface area contributed by atoms with Gasteiger partial charge in [0.2, 0.25) is 0 Å². The first-order valence-electron chi connectivity index (χ1n) is 9.87. The minimum absolute atomic E-state index is 0.198. The van der Waals surface area contributed by atoms with Gasteiger partial charge in [-0.3, -0.25) is 9.88 Å². The Bertz CT molecular complexity index is 1150. The minimum Gasteiger partial charge on any atom is -0.395 e. The summed E-state index contributed by atoms with van der Waals surface area (Å²) >= 11 is 7.71. The molecule has 1 N–H and O–H groups in total. The minimum atomic E-state index is 0.198. The van der Waals surface area contributed by atoms with Crippen molar-refractivity contribution < 1.29 is 5.11 Å². The number of pyridine rings is 1. The predicted octanol–water partition coefficient (Wildman–Crippen LogP) is 3.29. The van der Waals surface area contributed by atoms with Gasteiger partial charge in [0.1, 0.15) is 17.2 Å². The highest BCUT2D eigenvalue weighted by molar-refractivity contribution is 7.19. The lowest BCUT2D eigenvalue weighted by molar-refractivity contribution is 0.188. The van der Waals surface area contributed by atoms with Gasteiger partial charge in [-0.1, -0.05) is 11.6 Å². The first-order chi connectivity index (χ1) is 14.7. The molecule has 5 heterocycles. The first kappa shape index (κ1) is 19.4. The molecule has 154 valence electrons. The lowest BCUT2D eigenvalue weighted by Crippen LogP contribution is -2.47. The van der Waals surface area contributed by atoms with Crippen LogP contribution in [0.1, 0.15) is 0 Å². The van der Waals surface area contributed by atoms with E-state index in [1.807, 2.05) is 40.9 Å². The van der Waals surface area contributed by atoms with E-state index in [1.165, 1.54) is 11.3 Å². The van der Waals surface area contributed by atoms with Crippen LogP contribution in [0.15, 0.2) is 48.8 Å². The maximum absolute atomic E-state index is 9.17. The molecule has 0 amide bonds. The fraction of sp³-hybridized carbons (Fsp3) is 0.286. The summed E-state index contributed by atoms with van der Waals surface area (Å²) in [4.78, 5) is 14.6. The summed E-state index contributed by atoms with van der Waals surface area (Å²) in [5.74, 6) is 0.926. The van der Waals surface area contributed by atoms with Crippen LogP contribution >= 0.6 is 22.9 Å². The molecule has 0 radical (unpaired) electrons. The molecule has 1 saturated heterocycles. The fourth-order valence-corrected chi connectivity index (χ4v) is 4.85. The third-order valence-electron chi connectivity index (χ3n) is 5.34. The fourth-order valence-electron chi connectivity index (χ4n) is 3.82. The molecule has 0 aliphatic carbocycles. The second-order valence-corrected chi connectivity index (χ2v) is 8.88. The third-order valence-corrected chi connectivity index (χ3v) is 6.57. The molecule has 0 atom stereocenters. The Kier molecular flexibility index (Phi) is 5.39. The lowest BCUT2D eigenvalue weighted by Gasteiger charge is -2.34. The third kappa shape index (κ3) is 3.67. The number of nitrogens with zero attached hydrogens (tertiary/aromatic N) is 6. The Balaban J connectivity index is 1.58. The Labute approximate surface area is 183 Å². The molecule has 0 unspecified atom stereocenters. The van der Waals surface area contributed by atoms with E-state index in [-0.39, 0.29) is 6.61 Å². The molecule has 30 heavy (non-hydrogen) atoms. The van der Waals surface area contributed by atoms with Gasteiger partial charge in [-0.25, -0.2) is 9.50 Å². The predicted molar refractivity (Wildman–Crippen MR) is 120 cm³/mol. The van der Waals surface area contributed by atoms with Crippen molar-refractivity contribution in [1.29, 1.82) is 0 Å². The van der Waals surface area contributed by atoms with Gasteiger partial charge in [0, 0.05) is 50.7 Å². The summed E-state index contributed by atoms with van der Waals surface area (Å²) in [6, 6.07) is 11.9. The SMILES string of the molecule is OCCN1CCN(c2ccc3nc(-c4ccc(Cl)s4)c(-c4ccncc4)n3n2)CC1. The zero-order valence-corrected chi connectivity index (χ0v) is 17.9. The van der Waals surface area contributed by atoms with Gasteiger partial charge in [0.25, 0.3) is 0 Å². The van der Waals surface area contributed by atoms with E-state index >= 15 is 0 Å². The van der Waals surface area contributed by atoms with Crippen LogP contribution in [0.5, 0.6) is 0 Å². The van der Waals surface area contributed by atoms with Crippen LogP contribution < -0.4 is 4.90 Å². The number of imidazole rings is 1. The number of hydrogen-bond acceptors (Lipinski definition) is 7. The van der Waals surface area contributed by atoms with Gasteiger partial charge in [0.05, 0.1) is 15.8 Å². The number of aliphatic hydroxyl groups is 1. The molecular weight excluding hydrogens is 420 g/mol. The number of β-amino-alcohol motifs (C(OH)–C–C–N with tert-alkyl or cyclic N) is 1. The van der Waals surface area contributed by atoms with E-state index in [4.69, 9.17) is 26.8 Å². The largest absolute Gasteiger partial charge is 0.395 e. The van der Waals surface area contributed by atoms with Gasteiger partial charge < -0.3 is 10.0 Å². The molecule has 0 spiro atoms. The Hall–Kier alpha value is -2.52. The van der Waals surface area contributed by atoms with Gasteiger partial charge in [0.15, 0.2) is 5.65 Å². The number of hydrogen-bond donors (Lipinski definition) is 1. The van der Waals surface area contributed by atoms with Crippen LogP contribution in [0.3, 0.4) is 0 Å². The van der Waals surface area contributed by atoms with E-state index in [0.29, 0.717) is 0 Å². The van der Waals surface area contributed by atoms with Crippen LogP contribution in [-0.4, -0.2) is 68.9 Å². The van der Waals surface area contributed by atoms with Crippen molar-refractivity contribution in [3.8, 4) is 21.8 Å². The first-order valence-corrected chi connectivity index (χ1v) is 11.1. The number of aliphatic hydroxyl groups excluding tert-OH is 1. The van der Waals surface area contributed by atoms with Crippen LogP contribution in [0, 0.1) is 0 Å². The summed E-state index contributed by atoms with van der Waals surface area (Å²) in [6.45, 7) is 4.52. The van der Waals surface area contributed by atoms with Gasteiger partial charge >= 0.3 is 0 Å². The second-order valence-electron chi connectivity index (χ2n) is 7.16. The molecular formula is C21H21ClN6OS. The number of aromatic nitrogens is 4. The maximum Gasteiger partial charge on any atom is 0.155 e. The Morgan fingerprint density at radius 2 is 1.80 bits per heavy atom. The van der Waals surface area contributed by atoms with Gasteiger partial charge in [-0.05, 0) is 36.4 Å². The molecule has 0 aromatic carbocycles. The molecule has 1 aliphatic heterocycles. The summed E-state index contributed by atoms with van der Waals surface area (Å²) in [7, 11) is 0. The van der Waals surface area contributed by atoms with E-state index in [9.17, 15) is 0 Å². The summed E-state index contributed by atoms with van der Waals surface area (Å²) in [6.07, 6.45) is 3.56. The van der Waals surface area contributed by atoms with E-state index in [0.717, 1.165) is 70.4 Å². The van der Waals surface area contributed by atoms with Crippen molar-refractivity contribution >= 4 is 34.4 Å². The summed E-state index contributed by atoms with van der Waals surface area (Å²) < 4.78 is 2.66. The van der Waals surface area contributed by atoms with Gasteiger partial charge in [-0.15, -0.1) is 16.4 Å². The topological polar surface area (TPSA) is 69.8 Å². The second kappa shape index (κ2) is 8.31. The van der Waals surface area contributed by atoms with Crippen molar-refractivity contribution in [2.45, 2.75) is 0 Å². The highest BCUT2D eigenvalue weighted by Crippen LogP contribution is 2.37. The highest BCUT2D eigenvalue weighted by atomic mass is 35.5. The van der Waals surface area contributed by atoms with Crippen molar-refractivity contribution in [2.24, 2.45) is 0 Å². The molecule has 4 aromatic heterocycles. The summed E-state index contributed by atoms with van der Waals surface area (Å²) in [5.41, 5.74) is 3.61. The van der Waals surface area contributed by atoms with Crippen molar-refractivity contribution in [2.75, 3.05) is 44.2 Å². The van der Waals surface area contributed by atoms with Crippen LogP contribution in [0.25, 0.3) is 27.5 Å². The zero-order chi connectivity index (χ0) is 20.5. The number of rotatable bonds is 5. The lowest BCUT2D eigenvalue weighted by atomic mass is 10.1. The Morgan fingerprint density at radius 3 is 2.50 bits per heavy atom. The number of thiophene rings is 1. The van der Waals surface area contributed by atoms with Crippen LogP contribution in [-0.2, 0) is 0 Å². The zero-order valence-electron chi connectivity index (χ0n) is 16.3. The molecule has 4 aromatic rings. The molecule has 5 rings (SSSR count). The molecule has 7 nitrogen and oxygen atoms in total. The summed E-state index contributed by atoms with van der Waals surface area (Å²) in [5, 5.41) is 14.1. The monoisotopic (exact) mass is 440 g/mol. The number of halogens is 1. The smallest absolute Gasteiger partial charge is 0.155 e. The Morgan fingerprint density at radius 1 is 1.00 bits per heavy atom. The molecule has 9 heteroatoms. The highest BCUT2D eigenvalue weighted by Gasteiger charge is 2.21. The van der Waals surface area contributed by atoms with E-state index in [2.05, 4.69) is 14.8 Å². The van der Waals surface area contributed by atoms with Crippen LogP contribution in [0.4, 0.5) is 5.82 Å². The molecule has 1 aliphatic rings. The van der Waals surface area contributed by atoms with E-state index < -0.39 is 0 Å². The average molecular weight is 441 g/mol. The number of anilines is 1. The maximum atomic E-state index is 9.17. The van der Waals surface area contributed by atoms with Gasteiger partial charge in [-0.2, -0.15) is 0 Å². The normalized spacial score (nSPS) is 15.2. The quantitative estimate of drug-likeness (QED) is 0.513. The van der Waals surface area contributed by atoms with Crippen LogP contribution in [0.2, 0.25) is 4.34 Å².